The summed E-state index contributed by atoms with van der Waals surface area (Å²) in [4.78, 5) is 8.28. The zero-order valence-corrected chi connectivity index (χ0v) is 11.3. The number of aryl methyl sites for hydroxylation is 1. The Labute approximate surface area is 118 Å². The highest BCUT2D eigenvalue weighted by Gasteiger charge is 2.13. The molecule has 2 heterocycles. The van der Waals surface area contributed by atoms with Crippen molar-refractivity contribution in [3.63, 3.8) is 0 Å². The van der Waals surface area contributed by atoms with Gasteiger partial charge >= 0.3 is 0 Å². The second-order valence-corrected chi connectivity index (χ2v) is 4.86. The number of aromatic hydroxyl groups is 1. The molecule has 0 unspecified atom stereocenters. The first-order valence-corrected chi connectivity index (χ1v) is 6.23. The predicted octanol–water partition coefficient (Wildman–Crippen LogP) is 4.21. The van der Waals surface area contributed by atoms with Gasteiger partial charge in [0, 0.05) is 10.6 Å². The Bertz CT molecular complexity index is 760. The highest BCUT2D eigenvalue weighted by Crippen LogP contribution is 2.34. The largest absolute Gasteiger partial charge is 0.507 e. The van der Waals surface area contributed by atoms with Crippen LogP contribution in [0.3, 0.4) is 0 Å². The van der Waals surface area contributed by atoms with Gasteiger partial charge in [0.1, 0.15) is 5.75 Å². The molecule has 0 aliphatic rings. The number of pyridine rings is 1. The summed E-state index contributed by atoms with van der Waals surface area (Å²) in [6.07, 6.45) is 0. The Balaban J connectivity index is 2.24. The number of hydrogen-bond donors (Lipinski definition) is 1. The van der Waals surface area contributed by atoms with Gasteiger partial charge in [-0.05, 0) is 48.4 Å². The number of fused-ring (bicyclic) bond motifs is 1. The fourth-order valence-corrected chi connectivity index (χ4v) is 2.42. The summed E-state index contributed by atoms with van der Waals surface area (Å²) in [5.41, 5.74) is 2.93. The summed E-state index contributed by atoms with van der Waals surface area (Å²) in [7, 11) is 0. The second-order valence-electron chi connectivity index (χ2n) is 4.10. The minimum absolute atomic E-state index is 0.0386. The smallest absolute Gasteiger partial charge is 0.294 e. The number of halogens is 2. The quantitative estimate of drug-likeness (QED) is 0.730. The van der Waals surface area contributed by atoms with Crippen molar-refractivity contribution >= 4 is 34.4 Å². The number of rotatable bonds is 1. The average Bonchev–Trinajstić information content (AvgIpc) is 2.67. The lowest BCUT2D eigenvalue weighted by molar-refractivity contribution is 0.477. The maximum Gasteiger partial charge on any atom is 0.294 e. The van der Waals surface area contributed by atoms with Crippen LogP contribution in [0, 0.1) is 6.92 Å². The molecule has 3 aromatic rings. The first-order chi connectivity index (χ1) is 9.04. The third-order valence-electron chi connectivity index (χ3n) is 2.76. The topological polar surface area (TPSA) is 59.2 Å². The molecule has 96 valence electrons. The number of hydrogen-bond acceptors (Lipinski definition) is 4. The molecule has 0 bridgehead atoms. The van der Waals surface area contributed by atoms with Crippen molar-refractivity contribution in [1.29, 1.82) is 0 Å². The SMILES string of the molecule is Cc1cc(Cl)cc(O)c1-c1ccc2oc(Cl)nc2n1. The van der Waals surface area contributed by atoms with Crippen LogP contribution in [0.5, 0.6) is 5.75 Å². The highest BCUT2D eigenvalue weighted by molar-refractivity contribution is 6.31. The Morgan fingerprint density at radius 1 is 1.16 bits per heavy atom. The van der Waals surface area contributed by atoms with E-state index >= 15 is 0 Å². The fourth-order valence-electron chi connectivity index (χ4n) is 1.99. The molecule has 0 amide bonds. The zero-order chi connectivity index (χ0) is 13.6. The molecule has 0 radical (unpaired) electrons. The van der Waals surface area contributed by atoms with E-state index < -0.39 is 0 Å². The van der Waals surface area contributed by atoms with Gasteiger partial charge < -0.3 is 9.52 Å². The summed E-state index contributed by atoms with van der Waals surface area (Å²) in [5, 5.41) is 10.5. The lowest BCUT2D eigenvalue weighted by Crippen LogP contribution is -1.89. The van der Waals surface area contributed by atoms with E-state index in [1.807, 2.05) is 6.92 Å². The van der Waals surface area contributed by atoms with E-state index in [9.17, 15) is 5.11 Å². The molecule has 0 aliphatic heterocycles. The summed E-state index contributed by atoms with van der Waals surface area (Å²) in [6.45, 7) is 1.85. The summed E-state index contributed by atoms with van der Waals surface area (Å²) in [5.74, 6) is 0.0754. The molecule has 3 rings (SSSR count). The molecule has 19 heavy (non-hydrogen) atoms. The van der Waals surface area contributed by atoms with E-state index in [-0.39, 0.29) is 11.1 Å². The molecule has 0 spiro atoms. The van der Waals surface area contributed by atoms with Crippen LogP contribution in [-0.4, -0.2) is 15.1 Å². The van der Waals surface area contributed by atoms with Crippen LogP contribution in [0.1, 0.15) is 5.56 Å². The van der Waals surface area contributed by atoms with E-state index in [4.69, 9.17) is 27.6 Å². The van der Waals surface area contributed by atoms with Crippen molar-refractivity contribution in [1.82, 2.24) is 9.97 Å². The first-order valence-electron chi connectivity index (χ1n) is 5.47. The van der Waals surface area contributed by atoms with E-state index in [1.165, 1.54) is 6.07 Å². The average molecular weight is 295 g/mol. The highest BCUT2D eigenvalue weighted by atomic mass is 35.5. The van der Waals surface area contributed by atoms with E-state index in [1.54, 1.807) is 18.2 Å². The van der Waals surface area contributed by atoms with Crippen molar-refractivity contribution in [2.24, 2.45) is 0 Å². The Morgan fingerprint density at radius 3 is 2.68 bits per heavy atom. The molecular formula is C13H8Cl2N2O2. The van der Waals surface area contributed by atoms with E-state index in [0.29, 0.717) is 27.5 Å². The minimum atomic E-state index is 0.0386. The Morgan fingerprint density at radius 2 is 1.95 bits per heavy atom. The van der Waals surface area contributed by atoms with Gasteiger partial charge in [0.05, 0.1) is 5.69 Å². The monoisotopic (exact) mass is 294 g/mol. The molecule has 0 fully saturated rings. The van der Waals surface area contributed by atoms with Crippen molar-refractivity contribution in [2.45, 2.75) is 6.92 Å². The maximum absolute atomic E-state index is 10.0. The van der Waals surface area contributed by atoms with Gasteiger partial charge in [-0.3, -0.25) is 0 Å². The van der Waals surface area contributed by atoms with Crippen LogP contribution in [0.4, 0.5) is 0 Å². The van der Waals surface area contributed by atoms with Crippen LogP contribution < -0.4 is 0 Å². The molecule has 0 saturated heterocycles. The van der Waals surface area contributed by atoms with Gasteiger partial charge in [-0.1, -0.05) is 11.6 Å². The summed E-state index contributed by atoms with van der Waals surface area (Å²) < 4.78 is 5.15. The van der Waals surface area contributed by atoms with Crippen LogP contribution in [-0.2, 0) is 0 Å². The van der Waals surface area contributed by atoms with Gasteiger partial charge in [-0.25, -0.2) is 4.98 Å². The zero-order valence-electron chi connectivity index (χ0n) is 9.82. The Hall–Kier alpha value is -1.78. The van der Waals surface area contributed by atoms with Crippen molar-refractivity contribution < 1.29 is 9.52 Å². The molecule has 0 aliphatic carbocycles. The summed E-state index contributed by atoms with van der Waals surface area (Å²) in [6, 6.07) is 6.69. The Kier molecular flexibility index (Phi) is 2.84. The van der Waals surface area contributed by atoms with Gasteiger partial charge in [0.15, 0.2) is 5.58 Å². The lowest BCUT2D eigenvalue weighted by Gasteiger charge is -2.08. The molecular weight excluding hydrogens is 287 g/mol. The number of phenols is 1. The van der Waals surface area contributed by atoms with Gasteiger partial charge in [-0.2, -0.15) is 4.98 Å². The van der Waals surface area contributed by atoms with Gasteiger partial charge in [-0.15, -0.1) is 0 Å². The molecule has 1 N–H and O–H groups in total. The normalized spacial score (nSPS) is 11.1. The molecule has 1 aromatic carbocycles. The molecule has 2 aromatic heterocycles. The number of oxazole rings is 1. The molecule has 0 atom stereocenters. The molecule has 4 nitrogen and oxygen atoms in total. The minimum Gasteiger partial charge on any atom is -0.507 e. The fraction of sp³-hybridized carbons (Fsp3) is 0.0769. The van der Waals surface area contributed by atoms with Crippen LogP contribution in [0.2, 0.25) is 10.4 Å². The van der Waals surface area contributed by atoms with Crippen molar-refractivity contribution in [3.05, 3.63) is 40.2 Å². The number of benzene rings is 1. The van der Waals surface area contributed by atoms with Gasteiger partial charge in [0.2, 0.25) is 5.65 Å². The van der Waals surface area contributed by atoms with Crippen LogP contribution in [0.15, 0.2) is 28.7 Å². The third-order valence-corrected chi connectivity index (χ3v) is 3.14. The lowest BCUT2D eigenvalue weighted by atomic mass is 10.0. The second kappa shape index (κ2) is 4.40. The van der Waals surface area contributed by atoms with E-state index in [0.717, 1.165) is 5.56 Å². The number of phenolic OH excluding ortho intramolecular Hbond substituents is 1. The first kappa shape index (κ1) is 12.3. The molecule has 6 heteroatoms. The van der Waals surface area contributed by atoms with Crippen LogP contribution in [0.25, 0.3) is 22.5 Å². The maximum atomic E-state index is 10.0. The van der Waals surface area contributed by atoms with Gasteiger partial charge in [0.25, 0.3) is 5.35 Å². The van der Waals surface area contributed by atoms with E-state index in [2.05, 4.69) is 9.97 Å². The standard InChI is InChI=1S/C13H8Cl2N2O2/c1-6-4-7(14)5-9(18)11(6)8-2-3-10-12(16-8)17-13(15)19-10/h2-5,18H,1H3. The van der Waals surface area contributed by atoms with Crippen LogP contribution >= 0.6 is 23.2 Å². The van der Waals surface area contributed by atoms with Crippen molar-refractivity contribution in [3.8, 4) is 17.0 Å². The van der Waals surface area contributed by atoms with Crippen molar-refractivity contribution in [2.75, 3.05) is 0 Å². The number of nitrogens with zero attached hydrogens (tertiary/aromatic N) is 2. The summed E-state index contributed by atoms with van der Waals surface area (Å²) >= 11 is 11.6. The third kappa shape index (κ3) is 2.13. The predicted molar refractivity (Wildman–Crippen MR) is 73.7 cm³/mol. The molecule has 0 saturated carbocycles. The number of aromatic nitrogens is 2.